The highest BCUT2D eigenvalue weighted by Crippen LogP contribution is 2.31. The van der Waals surface area contributed by atoms with Crippen molar-refractivity contribution in [2.24, 2.45) is 11.3 Å². The van der Waals surface area contributed by atoms with E-state index >= 15 is 0 Å². The lowest BCUT2D eigenvalue weighted by Crippen LogP contribution is -2.44. The van der Waals surface area contributed by atoms with Gasteiger partial charge >= 0.3 is 0 Å². The maximum absolute atomic E-state index is 9.56. The van der Waals surface area contributed by atoms with Gasteiger partial charge in [0.05, 0.1) is 13.2 Å². The van der Waals surface area contributed by atoms with Crippen molar-refractivity contribution in [1.29, 1.82) is 0 Å². The standard InChI is InChI=1S/C12H23NO2/c1-11-3-5-13(7-11)8-12(9-14)4-2-6-15-10-12/h11,14H,2-10H2,1H3. The molecule has 2 saturated heterocycles. The summed E-state index contributed by atoms with van der Waals surface area (Å²) in [5.74, 6) is 0.824. The van der Waals surface area contributed by atoms with Gasteiger partial charge in [-0.15, -0.1) is 0 Å². The summed E-state index contributed by atoms with van der Waals surface area (Å²) in [5.41, 5.74) is 0.0301. The van der Waals surface area contributed by atoms with E-state index in [2.05, 4.69) is 11.8 Å². The summed E-state index contributed by atoms with van der Waals surface area (Å²) in [6, 6.07) is 0. The second-order valence-electron chi connectivity index (χ2n) is 5.44. The normalized spacial score (nSPS) is 38.4. The van der Waals surface area contributed by atoms with Gasteiger partial charge in [-0.05, 0) is 31.7 Å². The van der Waals surface area contributed by atoms with Gasteiger partial charge < -0.3 is 14.7 Å². The average molecular weight is 213 g/mol. The lowest BCUT2D eigenvalue weighted by Gasteiger charge is -2.38. The molecule has 2 unspecified atom stereocenters. The first-order valence-corrected chi connectivity index (χ1v) is 6.15. The monoisotopic (exact) mass is 213 g/mol. The maximum Gasteiger partial charge on any atom is 0.0556 e. The van der Waals surface area contributed by atoms with Gasteiger partial charge in [-0.3, -0.25) is 0 Å². The summed E-state index contributed by atoms with van der Waals surface area (Å²) in [4.78, 5) is 2.50. The van der Waals surface area contributed by atoms with Crippen LogP contribution in [-0.2, 0) is 4.74 Å². The van der Waals surface area contributed by atoms with E-state index in [4.69, 9.17) is 4.74 Å². The molecular weight excluding hydrogens is 190 g/mol. The molecule has 88 valence electrons. The van der Waals surface area contributed by atoms with Crippen LogP contribution >= 0.6 is 0 Å². The second kappa shape index (κ2) is 4.81. The zero-order valence-electron chi connectivity index (χ0n) is 9.74. The Bertz CT molecular complexity index is 202. The van der Waals surface area contributed by atoms with E-state index in [1.807, 2.05) is 0 Å². The molecule has 0 aliphatic carbocycles. The molecule has 0 radical (unpaired) electrons. The van der Waals surface area contributed by atoms with E-state index in [0.29, 0.717) is 0 Å². The molecule has 0 bridgehead atoms. The van der Waals surface area contributed by atoms with Gasteiger partial charge in [0.1, 0.15) is 0 Å². The fraction of sp³-hybridized carbons (Fsp3) is 1.00. The van der Waals surface area contributed by atoms with Crippen molar-refractivity contribution in [3.63, 3.8) is 0 Å². The number of hydrogen-bond acceptors (Lipinski definition) is 3. The molecule has 2 rings (SSSR count). The molecule has 0 saturated carbocycles. The molecule has 2 heterocycles. The predicted molar refractivity (Wildman–Crippen MR) is 59.8 cm³/mol. The van der Waals surface area contributed by atoms with Crippen LogP contribution in [0.5, 0.6) is 0 Å². The van der Waals surface area contributed by atoms with E-state index in [-0.39, 0.29) is 12.0 Å². The molecular formula is C12H23NO2. The largest absolute Gasteiger partial charge is 0.396 e. The number of hydrogen-bond donors (Lipinski definition) is 1. The minimum Gasteiger partial charge on any atom is -0.396 e. The summed E-state index contributed by atoms with van der Waals surface area (Å²) < 4.78 is 5.53. The smallest absolute Gasteiger partial charge is 0.0556 e. The summed E-state index contributed by atoms with van der Waals surface area (Å²) in [5, 5.41) is 9.56. The molecule has 15 heavy (non-hydrogen) atoms. The van der Waals surface area contributed by atoms with Gasteiger partial charge in [0.25, 0.3) is 0 Å². The fourth-order valence-electron chi connectivity index (χ4n) is 2.85. The molecule has 0 aromatic carbocycles. The third-order valence-corrected chi connectivity index (χ3v) is 3.81. The van der Waals surface area contributed by atoms with Gasteiger partial charge in [0.2, 0.25) is 0 Å². The van der Waals surface area contributed by atoms with Crippen molar-refractivity contribution >= 4 is 0 Å². The van der Waals surface area contributed by atoms with E-state index in [1.165, 1.54) is 19.5 Å². The first kappa shape index (κ1) is 11.4. The topological polar surface area (TPSA) is 32.7 Å². The lowest BCUT2D eigenvalue weighted by molar-refractivity contribution is -0.0528. The predicted octanol–water partition coefficient (Wildman–Crippen LogP) is 1.12. The number of ether oxygens (including phenoxy) is 1. The highest BCUT2D eigenvalue weighted by molar-refractivity contribution is 4.86. The molecule has 1 N–H and O–H groups in total. The molecule has 0 aromatic rings. The quantitative estimate of drug-likeness (QED) is 0.762. The van der Waals surface area contributed by atoms with Crippen molar-refractivity contribution in [2.45, 2.75) is 26.2 Å². The summed E-state index contributed by atoms with van der Waals surface area (Å²) in [6.07, 6.45) is 3.53. The zero-order valence-corrected chi connectivity index (χ0v) is 9.74. The second-order valence-corrected chi connectivity index (χ2v) is 5.44. The first-order valence-electron chi connectivity index (χ1n) is 6.15. The summed E-state index contributed by atoms with van der Waals surface area (Å²) in [7, 11) is 0. The number of aliphatic hydroxyl groups excluding tert-OH is 1. The molecule has 3 heteroatoms. The van der Waals surface area contributed by atoms with Crippen molar-refractivity contribution in [3.05, 3.63) is 0 Å². The molecule has 2 atom stereocenters. The Morgan fingerprint density at radius 1 is 1.53 bits per heavy atom. The first-order chi connectivity index (χ1) is 7.24. The van der Waals surface area contributed by atoms with Gasteiger partial charge in [-0.2, -0.15) is 0 Å². The van der Waals surface area contributed by atoms with Crippen molar-refractivity contribution in [1.82, 2.24) is 4.90 Å². The molecule has 0 spiro atoms. The van der Waals surface area contributed by atoms with E-state index in [0.717, 1.165) is 38.5 Å². The van der Waals surface area contributed by atoms with Crippen LogP contribution in [0.3, 0.4) is 0 Å². The van der Waals surface area contributed by atoms with E-state index in [9.17, 15) is 5.11 Å². The van der Waals surface area contributed by atoms with Crippen LogP contribution in [0.25, 0.3) is 0 Å². The number of nitrogens with zero attached hydrogens (tertiary/aromatic N) is 1. The van der Waals surface area contributed by atoms with Gasteiger partial charge in [0.15, 0.2) is 0 Å². The van der Waals surface area contributed by atoms with Crippen LogP contribution in [0.1, 0.15) is 26.2 Å². The molecule has 0 aromatic heterocycles. The third-order valence-electron chi connectivity index (χ3n) is 3.81. The Kier molecular flexibility index (Phi) is 3.65. The number of aliphatic hydroxyl groups is 1. The number of likely N-dealkylation sites (tertiary alicyclic amines) is 1. The minimum absolute atomic E-state index is 0.0301. The van der Waals surface area contributed by atoms with Crippen molar-refractivity contribution < 1.29 is 9.84 Å². The molecule has 2 aliphatic heterocycles. The van der Waals surface area contributed by atoms with Crippen LogP contribution < -0.4 is 0 Å². The van der Waals surface area contributed by atoms with Crippen LogP contribution in [-0.4, -0.2) is 49.5 Å². The molecule has 3 nitrogen and oxygen atoms in total. The molecule has 2 aliphatic rings. The SMILES string of the molecule is CC1CCN(CC2(CO)CCCOC2)C1. The zero-order chi connectivity index (χ0) is 10.7. The van der Waals surface area contributed by atoms with E-state index < -0.39 is 0 Å². The van der Waals surface area contributed by atoms with Gasteiger partial charge in [-0.25, -0.2) is 0 Å². The van der Waals surface area contributed by atoms with Crippen LogP contribution in [0.4, 0.5) is 0 Å². The Hall–Kier alpha value is -0.120. The average Bonchev–Trinajstić information content (AvgIpc) is 2.65. The van der Waals surface area contributed by atoms with Crippen LogP contribution in [0.15, 0.2) is 0 Å². The van der Waals surface area contributed by atoms with Gasteiger partial charge in [-0.1, -0.05) is 6.92 Å². The molecule has 2 fully saturated rings. The number of rotatable bonds is 3. The Morgan fingerprint density at radius 3 is 2.93 bits per heavy atom. The Labute approximate surface area is 92.4 Å². The van der Waals surface area contributed by atoms with Crippen molar-refractivity contribution in [3.8, 4) is 0 Å². The minimum atomic E-state index is 0.0301. The van der Waals surface area contributed by atoms with Crippen molar-refractivity contribution in [2.75, 3.05) is 39.5 Å². The Balaban J connectivity index is 1.89. The lowest BCUT2D eigenvalue weighted by atomic mass is 9.83. The summed E-state index contributed by atoms with van der Waals surface area (Å²) in [6.45, 7) is 7.62. The van der Waals surface area contributed by atoms with Gasteiger partial charge in [0, 0.05) is 25.1 Å². The van der Waals surface area contributed by atoms with Crippen LogP contribution in [0.2, 0.25) is 0 Å². The third kappa shape index (κ3) is 2.71. The maximum atomic E-state index is 9.56. The Morgan fingerprint density at radius 2 is 2.40 bits per heavy atom. The van der Waals surface area contributed by atoms with Crippen LogP contribution in [0, 0.1) is 11.3 Å². The highest BCUT2D eigenvalue weighted by atomic mass is 16.5. The fourth-order valence-corrected chi connectivity index (χ4v) is 2.85. The molecule has 0 amide bonds. The highest BCUT2D eigenvalue weighted by Gasteiger charge is 2.35. The summed E-state index contributed by atoms with van der Waals surface area (Å²) >= 11 is 0. The van der Waals surface area contributed by atoms with E-state index in [1.54, 1.807) is 0 Å².